The molecule has 0 spiro atoms. The molecule has 1 aromatic rings. The molecule has 4 heteroatoms. The van der Waals surface area contributed by atoms with Crippen LogP contribution in [0.4, 0.5) is 0 Å². The lowest BCUT2D eigenvalue weighted by molar-refractivity contribution is 0.0919. The van der Waals surface area contributed by atoms with Crippen molar-refractivity contribution in [1.82, 2.24) is 5.32 Å². The van der Waals surface area contributed by atoms with Crippen LogP contribution >= 0.6 is 0 Å². The molecule has 0 heterocycles. The summed E-state index contributed by atoms with van der Waals surface area (Å²) >= 11 is 0. The van der Waals surface area contributed by atoms with Gasteiger partial charge in [0, 0.05) is 6.04 Å². The van der Waals surface area contributed by atoms with Crippen LogP contribution in [0, 0.1) is 0 Å². The summed E-state index contributed by atoms with van der Waals surface area (Å²) in [7, 11) is 0. The molecule has 4 nitrogen and oxygen atoms in total. The highest BCUT2D eigenvalue weighted by Gasteiger charge is 2.11. The Kier molecular flexibility index (Phi) is 3.48. The van der Waals surface area contributed by atoms with Crippen molar-refractivity contribution in [2.24, 2.45) is 0 Å². The molecule has 0 bridgehead atoms. The minimum atomic E-state index is -0.385. The van der Waals surface area contributed by atoms with Crippen molar-refractivity contribution in [3.8, 4) is 5.75 Å². The Morgan fingerprint density at radius 1 is 1.50 bits per heavy atom. The van der Waals surface area contributed by atoms with Gasteiger partial charge in [-0.2, -0.15) is 0 Å². The largest absolute Gasteiger partial charge is 0.507 e. The van der Waals surface area contributed by atoms with Crippen molar-refractivity contribution in [3.63, 3.8) is 0 Å². The van der Waals surface area contributed by atoms with E-state index in [0.717, 1.165) is 0 Å². The normalized spacial score (nSPS) is 12.1. The maximum atomic E-state index is 11.5. The van der Waals surface area contributed by atoms with Crippen LogP contribution < -0.4 is 5.32 Å². The fourth-order valence-corrected chi connectivity index (χ4v) is 1.01. The Morgan fingerprint density at radius 3 is 2.71 bits per heavy atom. The molecular weight excluding hydrogens is 182 g/mol. The third kappa shape index (κ3) is 2.47. The molecule has 3 N–H and O–H groups in total. The lowest BCUT2D eigenvalue weighted by atomic mass is 10.2. The van der Waals surface area contributed by atoms with Crippen LogP contribution in [-0.4, -0.2) is 28.8 Å². The molecule has 0 aromatic heterocycles. The second-order valence-corrected chi connectivity index (χ2v) is 3.07. The van der Waals surface area contributed by atoms with Crippen molar-refractivity contribution in [2.75, 3.05) is 6.61 Å². The van der Waals surface area contributed by atoms with E-state index < -0.39 is 0 Å². The molecule has 0 saturated heterocycles. The molecule has 0 radical (unpaired) electrons. The Hall–Kier alpha value is -1.55. The number of aromatic hydroxyl groups is 1. The molecule has 76 valence electrons. The predicted molar refractivity (Wildman–Crippen MR) is 52.1 cm³/mol. The number of amides is 1. The van der Waals surface area contributed by atoms with E-state index in [1.54, 1.807) is 19.1 Å². The van der Waals surface area contributed by atoms with Gasteiger partial charge in [0.25, 0.3) is 5.91 Å². The van der Waals surface area contributed by atoms with Gasteiger partial charge >= 0.3 is 0 Å². The van der Waals surface area contributed by atoms with Gasteiger partial charge in [-0.15, -0.1) is 0 Å². The number of aliphatic hydroxyl groups is 1. The summed E-state index contributed by atoms with van der Waals surface area (Å²) in [6.07, 6.45) is 0. The molecule has 14 heavy (non-hydrogen) atoms. The van der Waals surface area contributed by atoms with Crippen LogP contribution in [0.5, 0.6) is 5.75 Å². The second kappa shape index (κ2) is 4.62. The van der Waals surface area contributed by atoms with Gasteiger partial charge in [0.1, 0.15) is 5.75 Å². The number of hydrogen-bond donors (Lipinski definition) is 3. The summed E-state index contributed by atoms with van der Waals surface area (Å²) in [6, 6.07) is 5.95. The van der Waals surface area contributed by atoms with Gasteiger partial charge in [-0.05, 0) is 19.1 Å². The van der Waals surface area contributed by atoms with Gasteiger partial charge in [0.05, 0.1) is 12.2 Å². The van der Waals surface area contributed by atoms with E-state index in [9.17, 15) is 9.90 Å². The molecule has 0 aliphatic heterocycles. The van der Waals surface area contributed by atoms with Crippen LogP contribution in [0.2, 0.25) is 0 Å². The van der Waals surface area contributed by atoms with E-state index in [2.05, 4.69) is 5.32 Å². The molecular formula is C10H13NO3. The summed E-state index contributed by atoms with van der Waals surface area (Å²) in [5.41, 5.74) is 0.216. The number of para-hydroxylation sites is 1. The number of carbonyl (C=O) groups is 1. The Balaban J connectivity index is 2.75. The first-order valence-corrected chi connectivity index (χ1v) is 4.35. The number of benzene rings is 1. The molecule has 1 amide bonds. The lowest BCUT2D eigenvalue weighted by Crippen LogP contribution is -2.34. The third-order valence-corrected chi connectivity index (χ3v) is 1.80. The Bertz CT molecular complexity index is 325. The number of phenols is 1. The molecule has 0 aliphatic carbocycles. The highest BCUT2D eigenvalue weighted by Crippen LogP contribution is 2.14. The quantitative estimate of drug-likeness (QED) is 0.658. The molecule has 1 aromatic carbocycles. The van der Waals surface area contributed by atoms with Crippen molar-refractivity contribution in [2.45, 2.75) is 13.0 Å². The Labute approximate surface area is 82.2 Å². The average Bonchev–Trinajstić information content (AvgIpc) is 2.18. The minimum Gasteiger partial charge on any atom is -0.507 e. The summed E-state index contributed by atoms with van der Waals surface area (Å²) in [5.74, 6) is -0.445. The van der Waals surface area contributed by atoms with Gasteiger partial charge in [0.15, 0.2) is 0 Å². The van der Waals surface area contributed by atoms with Crippen LogP contribution in [0.3, 0.4) is 0 Å². The zero-order valence-electron chi connectivity index (χ0n) is 7.90. The monoisotopic (exact) mass is 195 g/mol. The van der Waals surface area contributed by atoms with Gasteiger partial charge in [-0.3, -0.25) is 4.79 Å². The van der Waals surface area contributed by atoms with E-state index in [-0.39, 0.29) is 29.9 Å². The van der Waals surface area contributed by atoms with E-state index >= 15 is 0 Å². The highest BCUT2D eigenvalue weighted by molar-refractivity contribution is 5.96. The summed E-state index contributed by atoms with van der Waals surface area (Å²) in [5, 5.41) is 20.6. The van der Waals surface area contributed by atoms with Gasteiger partial charge in [0.2, 0.25) is 0 Å². The molecule has 1 rings (SSSR count). The fourth-order valence-electron chi connectivity index (χ4n) is 1.01. The zero-order chi connectivity index (χ0) is 10.6. The highest BCUT2D eigenvalue weighted by atomic mass is 16.3. The maximum Gasteiger partial charge on any atom is 0.255 e. The van der Waals surface area contributed by atoms with Crippen LogP contribution in [0.1, 0.15) is 17.3 Å². The fraction of sp³-hybridized carbons (Fsp3) is 0.300. The Morgan fingerprint density at radius 2 is 2.14 bits per heavy atom. The van der Waals surface area contributed by atoms with Crippen LogP contribution in [0.25, 0.3) is 0 Å². The van der Waals surface area contributed by atoms with Gasteiger partial charge < -0.3 is 15.5 Å². The first-order chi connectivity index (χ1) is 6.65. The molecule has 1 atom stereocenters. The van der Waals surface area contributed by atoms with E-state index in [4.69, 9.17) is 5.11 Å². The molecule has 0 fully saturated rings. The second-order valence-electron chi connectivity index (χ2n) is 3.07. The first kappa shape index (κ1) is 10.5. The lowest BCUT2D eigenvalue weighted by Gasteiger charge is -2.11. The number of carbonyl (C=O) groups excluding carboxylic acids is 1. The standard InChI is InChI=1S/C10H13NO3/c1-7(6-12)11-10(14)8-4-2-3-5-9(8)13/h2-5,7,12-13H,6H2,1H3,(H,11,14)/t7-/m0/s1. The SMILES string of the molecule is C[C@@H](CO)NC(=O)c1ccccc1O. The third-order valence-electron chi connectivity index (χ3n) is 1.80. The zero-order valence-corrected chi connectivity index (χ0v) is 7.90. The number of phenolic OH excluding ortho intramolecular Hbond substituents is 1. The predicted octanol–water partition coefficient (Wildman–Crippen LogP) is 0.503. The minimum absolute atomic E-state index is 0.0601. The van der Waals surface area contributed by atoms with Crippen LogP contribution in [-0.2, 0) is 0 Å². The van der Waals surface area contributed by atoms with E-state index in [0.29, 0.717) is 0 Å². The number of aliphatic hydroxyl groups excluding tert-OH is 1. The van der Waals surface area contributed by atoms with Crippen molar-refractivity contribution in [3.05, 3.63) is 29.8 Å². The summed E-state index contributed by atoms with van der Waals surface area (Å²) < 4.78 is 0. The van der Waals surface area contributed by atoms with Crippen molar-refractivity contribution in [1.29, 1.82) is 0 Å². The summed E-state index contributed by atoms with van der Waals surface area (Å²) in [4.78, 5) is 11.5. The number of hydrogen-bond acceptors (Lipinski definition) is 3. The first-order valence-electron chi connectivity index (χ1n) is 4.35. The van der Waals surface area contributed by atoms with E-state index in [1.807, 2.05) is 0 Å². The molecule has 0 aliphatic rings. The average molecular weight is 195 g/mol. The van der Waals surface area contributed by atoms with Gasteiger partial charge in [-0.25, -0.2) is 0 Å². The summed E-state index contributed by atoms with van der Waals surface area (Å²) in [6.45, 7) is 1.55. The number of nitrogens with one attached hydrogen (secondary N) is 1. The number of rotatable bonds is 3. The molecule has 0 unspecified atom stereocenters. The van der Waals surface area contributed by atoms with Crippen molar-refractivity contribution < 1.29 is 15.0 Å². The van der Waals surface area contributed by atoms with E-state index in [1.165, 1.54) is 12.1 Å². The smallest absolute Gasteiger partial charge is 0.255 e. The maximum absolute atomic E-state index is 11.5. The molecule has 0 saturated carbocycles. The van der Waals surface area contributed by atoms with Gasteiger partial charge in [-0.1, -0.05) is 12.1 Å². The topological polar surface area (TPSA) is 69.6 Å². The van der Waals surface area contributed by atoms with Crippen molar-refractivity contribution >= 4 is 5.91 Å². The van der Waals surface area contributed by atoms with Crippen LogP contribution in [0.15, 0.2) is 24.3 Å².